The molecule has 1 aliphatic rings. The number of nitrogens with one attached hydrogen (secondary N) is 2. The van der Waals surface area contributed by atoms with Crippen LogP contribution in [0.15, 0.2) is 72.8 Å². The van der Waals surface area contributed by atoms with Gasteiger partial charge in [-0.3, -0.25) is 4.90 Å². The number of hydrogen-bond donors (Lipinski definition) is 2. The van der Waals surface area contributed by atoms with Crippen molar-refractivity contribution in [2.45, 2.75) is 38.6 Å². The molecule has 1 fully saturated rings. The largest absolute Gasteiger partial charge is 0.493 e. The summed E-state index contributed by atoms with van der Waals surface area (Å²) < 4.78 is 17.3. The van der Waals surface area contributed by atoms with Crippen LogP contribution in [0.1, 0.15) is 29.5 Å². The highest BCUT2D eigenvalue weighted by atomic mass is 16.5. The van der Waals surface area contributed by atoms with Crippen LogP contribution in [0.2, 0.25) is 0 Å². The molecular formula is C30H39N3O3. The lowest BCUT2D eigenvalue weighted by Gasteiger charge is -2.32. The molecule has 1 saturated heterocycles. The Labute approximate surface area is 215 Å². The minimum atomic E-state index is 0.460. The predicted molar refractivity (Wildman–Crippen MR) is 145 cm³/mol. The summed E-state index contributed by atoms with van der Waals surface area (Å²) in [5.74, 6) is 2.00. The van der Waals surface area contributed by atoms with Gasteiger partial charge in [-0.15, -0.1) is 0 Å². The van der Waals surface area contributed by atoms with Crippen molar-refractivity contribution < 1.29 is 14.2 Å². The van der Waals surface area contributed by atoms with Crippen LogP contribution in [-0.4, -0.2) is 51.3 Å². The molecule has 4 rings (SSSR count). The van der Waals surface area contributed by atoms with E-state index >= 15 is 0 Å². The highest BCUT2D eigenvalue weighted by molar-refractivity contribution is 5.54. The number of nitrogens with zero attached hydrogens (tertiary/aromatic N) is 1. The van der Waals surface area contributed by atoms with Crippen molar-refractivity contribution in [1.82, 2.24) is 15.5 Å². The first kappa shape index (κ1) is 26.0. The number of likely N-dealkylation sites (tertiary alicyclic amines) is 1. The van der Waals surface area contributed by atoms with E-state index in [1.165, 1.54) is 18.4 Å². The topological polar surface area (TPSA) is 55.0 Å². The summed E-state index contributed by atoms with van der Waals surface area (Å²) in [7, 11) is 3.33. The molecule has 3 aromatic rings. The van der Waals surface area contributed by atoms with Crippen LogP contribution in [0.5, 0.6) is 17.2 Å². The Balaban J connectivity index is 1.18. The Morgan fingerprint density at radius 2 is 1.39 bits per heavy atom. The van der Waals surface area contributed by atoms with Gasteiger partial charge in [0.2, 0.25) is 5.75 Å². The van der Waals surface area contributed by atoms with E-state index in [4.69, 9.17) is 14.2 Å². The predicted octanol–water partition coefficient (Wildman–Crippen LogP) is 4.63. The Morgan fingerprint density at radius 3 is 2.00 bits per heavy atom. The molecule has 0 bridgehead atoms. The zero-order chi connectivity index (χ0) is 25.0. The standard InChI is InChI=1S/C30H39N3O3/c1-34-28-19-26(20-29(35-2)30(28)36-23-25-11-7-4-8-12-25)21-31-15-16-32-27-13-17-33(18-14-27)22-24-9-5-3-6-10-24/h3-12,19-20,27,31-32H,13-18,21-23H2,1-2H3. The van der Waals surface area contributed by atoms with Gasteiger partial charge in [0.1, 0.15) is 6.61 Å². The van der Waals surface area contributed by atoms with Gasteiger partial charge < -0.3 is 24.8 Å². The fourth-order valence-electron chi connectivity index (χ4n) is 4.64. The third-order valence-corrected chi connectivity index (χ3v) is 6.65. The van der Waals surface area contributed by atoms with Gasteiger partial charge in [0.25, 0.3) is 0 Å². The number of rotatable bonds is 13. The highest BCUT2D eigenvalue weighted by Crippen LogP contribution is 2.39. The van der Waals surface area contributed by atoms with E-state index in [0.29, 0.717) is 29.9 Å². The summed E-state index contributed by atoms with van der Waals surface area (Å²) in [5.41, 5.74) is 3.60. The molecule has 0 unspecified atom stereocenters. The molecule has 0 amide bonds. The molecule has 0 radical (unpaired) electrons. The van der Waals surface area contributed by atoms with E-state index in [0.717, 1.165) is 50.4 Å². The molecule has 6 heteroatoms. The molecule has 1 aliphatic heterocycles. The van der Waals surface area contributed by atoms with E-state index in [1.54, 1.807) is 14.2 Å². The summed E-state index contributed by atoms with van der Waals surface area (Å²) in [5, 5.41) is 7.26. The van der Waals surface area contributed by atoms with Crippen LogP contribution in [0.3, 0.4) is 0 Å². The van der Waals surface area contributed by atoms with Crippen LogP contribution in [0, 0.1) is 0 Å². The normalized spacial score (nSPS) is 14.5. The lowest BCUT2D eigenvalue weighted by atomic mass is 10.0. The zero-order valence-electron chi connectivity index (χ0n) is 21.5. The molecule has 1 heterocycles. The van der Waals surface area contributed by atoms with Crippen LogP contribution in [-0.2, 0) is 19.7 Å². The van der Waals surface area contributed by atoms with Crippen molar-refractivity contribution in [3.05, 3.63) is 89.5 Å². The first-order valence-electron chi connectivity index (χ1n) is 12.9. The second-order valence-electron chi connectivity index (χ2n) is 9.27. The van der Waals surface area contributed by atoms with Crippen LogP contribution >= 0.6 is 0 Å². The van der Waals surface area contributed by atoms with Crippen molar-refractivity contribution in [2.75, 3.05) is 40.4 Å². The van der Waals surface area contributed by atoms with Crippen LogP contribution in [0.4, 0.5) is 0 Å². The van der Waals surface area contributed by atoms with Gasteiger partial charge in [-0.1, -0.05) is 60.7 Å². The van der Waals surface area contributed by atoms with Crippen LogP contribution < -0.4 is 24.8 Å². The van der Waals surface area contributed by atoms with Crippen molar-refractivity contribution in [3.8, 4) is 17.2 Å². The van der Waals surface area contributed by atoms with Gasteiger partial charge in [-0.05, 0) is 54.8 Å². The third kappa shape index (κ3) is 7.72. The average Bonchev–Trinajstić information content (AvgIpc) is 2.93. The molecule has 2 N–H and O–H groups in total. The first-order valence-corrected chi connectivity index (χ1v) is 12.9. The first-order chi connectivity index (χ1) is 17.7. The summed E-state index contributed by atoms with van der Waals surface area (Å²) in [6.07, 6.45) is 2.40. The maximum absolute atomic E-state index is 6.06. The SMILES string of the molecule is COc1cc(CNCCNC2CCN(Cc3ccccc3)CC2)cc(OC)c1OCc1ccccc1. The molecule has 3 aromatic carbocycles. The summed E-state index contributed by atoms with van der Waals surface area (Å²) in [6, 6.07) is 25.5. The number of piperidine rings is 1. The van der Waals surface area contributed by atoms with E-state index in [-0.39, 0.29) is 0 Å². The van der Waals surface area contributed by atoms with Crippen molar-refractivity contribution in [3.63, 3.8) is 0 Å². The molecule has 192 valence electrons. The third-order valence-electron chi connectivity index (χ3n) is 6.65. The molecule has 0 aromatic heterocycles. The Hall–Kier alpha value is -3.06. The van der Waals surface area contributed by atoms with Crippen molar-refractivity contribution >= 4 is 0 Å². The fraction of sp³-hybridized carbons (Fsp3) is 0.400. The number of methoxy groups -OCH3 is 2. The molecule has 0 atom stereocenters. The van der Waals surface area contributed by atoms with Crippen molar-refractivity contribution in [1.29, 1.82) is 0 Å². The summed E-state index contributed by atoms with van der Waals surface area (Å²) in [4.78, 5) is 2.56. The molecule has 0 saturated carbocycles. The number of hydrogen-bond acceptors (Lipinski definition) is 6. The van der Waals surface area contributed by atoms with Gasteiger partial charge in [0.05, 0.1) is 14.2 Å². The van der Waals surface area contributed by atoms with Gasteiger partial charge >= 0.3 is 0 Å². The zero-order valence-corrected chi connectivity index (χ0v) is 21.5. The summed E-state index contributed by atoms with van der Waals surface area (Å²) in [6.45, 7) is 6.41. The minimum Gasteiger partial charge on any atom is -0.493 e. The minimum absolute atomic E-state index is 0.460. The quantitative estimate of drug-likeness (QED) is 0.342. The van der Waals surface area contributed by atoms with E-state index in [1.807, 2.05) is 42.5 Å². The average molecular weight is 490 g/mol. The second kappa shape index (κ2) is 13.9. The van der Waals surface area contributed by atoms with E-state index < -0.39 is 0 Å². The van der Waals surface area contributed by atoms with Gasteiger partial charge in [-0.2, -0.15) is 0 Å². The smallest absolute Gasteiger partial charge is 0.203 e. The van der Waals surface area contributed by atoms with E-state index in [9.17, 15) is 0 Å². The highest BCUT2D eigenvalue weighted by Gasteiger charge is 2.18. The van der Waals surface area contributed by atoms with Gasteiger partial charge in [0, 0.05) is 32.2 Å². The Bertz CT molecular complexity index is 1010. The summed E-state index contributed by atoms with van der Waals surface area (Å²) >= 11 is 0. The molecule has 36 heavy (non-hydrogen) atoms. The fourth-order valence-corrected chi connectivity index (χ4v) is 4.64. The Kier molecular flexibility index (Phi) is 10.0. The van der Waals surface area contributed by atoms with Crippen LogP contribution in [0.25, 0.3) is 0 Å². The van der Waals surface area contributed by atoms with Gasteiger partial charge in [0.15, 0.2) is 11.5 Å². The molecular weight excluding hydrogens is 450 g/mol. The Morgan fingerprint density at radius 1 is 0.778 bits per heavy atom. The maximum Gasteiger partial charge on any atom is 0.203 e. The van der Waals surface area contributed by atoms with Crippen molar-refractivity contribution in [2.24, 2.45) is 0 Å². The number of ether oxygens (including phenoxy) is 3. The molecule has 0 spiro atoms. The van der Waals surface area contributed by atoms with E-state index in [2.05, 4.69) is 45.9 Å². The molecule has 0 aliphatic carbocycles. The monoisotopic (exact) mass is 489 g/mol. The second-order valence-corrected chi connectivity index (χ2v) is 9.27. The lowest BCUT2D eigenvalue weighted by molar-refractivity contribution is 0.191. The van der Waals surface area contributed by atoms with Gasteiger partial charge in [-0.25, -0.2) is 0 Å². The number of benzene rings is 3. The molecule has 6 nitrogen and oxygen atoms in total. The maximum atomic E-state index is 6.06. The lowest BCUT2D eigenvalue weighted by Crippen LogP contribution is -2.43.